The standard InChI is InChI=1S/C13H25NO2/c1-10(11-8-6-5-7-9-11)14-12(15)16-13(2,3)4/h10-11H,5-9H2,1-4H3,(H,14,15). The van der Waals surface area contributed by atoms with Crippen molar-refractivity contribution in [2.45, 2.75) is 71.4 Å². The molecule has 0 radical (unpaired) electrons. The largest absolute Gasteiger partial charge is 0.444 e. The average Bonchev–Trinajstić information content (AvgIpc) is 2.16. The summed E-state index contributed by atoms with van der Waals surface area (Å²) in [6.07, 6.45) is 6.12. The second kappa shape index (κ2) is 5.55. The Kier molecular flexibility index (Phi) is 4.63. The highest BCUT2D eigenvalue weighted by molar-refractivity contribution is 5.68. The lowest BCUT2D eigenvalue weighted by atomic mass is 9.85. The minimum Gasteiger partial charge on any atom is -0.444 e. The molecule has 3 heteroatoms. The number of ether oxygens (including phenoxy) is 1. The molecule has 1 atom stereocenters. The van der Waals surface area contributed by atoms with Gasteiger partial charge in [0.15, 0.2) is 0 Å². The number of carbonyl (C=O) groups excluding carboxylic acids is 1. The molecule has 1 aliphatic rings. The topological polar surface area (TPSA) is 38.3 Å². The van der Waals surface area contributed by atoms with E-state index in [1.54, 1.807) is 0 Å². The van der Waals surface area contributed by atoms with Crippen molar-refractivity contribution >= 4 is 6.09 Å². The van der Waals surface area contributed by atoms with Gasteiger partial charge < -0.3 is 10.1 Å². The minimum atomic E-state index is -0.406. The summed E-state index contributed by atoms with van der Waals surface area (Å²) in [6.45, 7) is 7.74. The van der Waals surface area contributed by atoms with Crippen molar-refractivity contribution in [3.63, 3.8) is 0 Å². The van der Waals surface area contributed by atoms with E-state index in [2.05, 4.69) is 12.2 Å². The van der Waals surface area contributed by atoms with Crippen molar-refractivity contribution in [2.75, 3.05) is 0 Å². The SMILES string of the molecule is CC(NC(=O)OC(C)(C)C)C1CCCCC1. The van der Waals surface area contributed by atoms with Crippen LogP contribution in [0.15, 0.2) is 0 Å². The Labute approximate surface area is 98.9 Å². The first-order valence-corrected chi connectivity index (χ1v) is 6.38. The number of carbonyl (C=O) groups is 1. The molecule has 0 heterocycles. The predicted octanol–water partition coefficient (Wildman–Crippen LogP) is 3.48. The Hall–Kier alpha value is -0.730. The van der Waals surface area contributed by atoms with Gasteiger partial charge in [0.25, 0.3) is 0 Å². The Morgan fingerprint density at radius 1 is 1.25 bits per heavy atom. The number of hydrogen-bond acceptors (Lipinski definition) is 2. The maximum Gasteiger partial charge on any atom is 0.407 e. The Bertz CT molecular complexity index is 227. The van der Waals surface area contributed by atoms with Gasteiger partial charge in [0, 0.05) is 6.04 Å². The van der Waals surface area contributed by atoms with Gasteiger partial charge in [-0.3, -0.25) is 0 Å². The highest BCUT2D eigenvalue weighted by Crippen LogP contribution is 2.26. The highest BCUT2D eigenvalue weighted by atomic mass is 16.6. The van der Waals surface area contributed by atoms with Crippen molar-refractivity contribution < 1.29 is 9.53 Å². The summed E-state index contributed by atoms with van der Waals surface area (Å²) in [7, 11) is 0. The Morgan fingerprint density at radius 2 is 1.81 bits per heavy atom. The van der Waals surface area contributed by atoms with E-state index in [1.807, 2.05) is 20.8 Å². The smallest absolute Gasteiger partial charge is 0.407 e. The van der Waals surface area contributed by atoms with E-state index in [9.17, 15) is 4.79 Å². The molecule has 1 unspecified atom stereocenters. The summed E-state index contributed by atoms with van der Waals surface area (Å²) in [5.74, 6) is 0.626. The maximum atomic E-state index is 11.6. The van der Waals surface area contributed by atoms with Crippen molar-refractivity contribution in [2.24, 2.45) is 5.92 Å². The molecule has 0 aliphatic heterocycles. The number of alkyl carbamates (subject to hydrolysis) is 1. The predicted molar refractivity (Wildman–Crippen MR) is 65.4 cm³/mol. The number of hydrogen-bond donors (Lipinski definition) is 1. The van der Waals surface area contributed by atoms with E-state index in [-0.39, 0.29) is 12.1 Å². The van der Waals surface area contributed by atoms with Crippen molar-refractivity contribution in [3.8, 4) is 0 Å². The fourth-order valence-corrected chi connectivity index (χ4v) is 2.25. The van der Waals surface area contributed by atoms with Crippen LogP contribution in [0.2, 0.25) is 0 Å². The molecule has 0 aromatic heterocycles. The molecule has 16 heavy (non-hydrogen) atoms. The van der Waals surface area contributed by atoms with E-state index in [4.69, 9.17) is 4.74 Å². The third-order valence-corrected chi connectivity index (χ3v) is 3.10. The monoisotopic (exact) mass is 227 g/mol. The summed E-state index contributed by atoms with van der Waals surface area (Å²) in [4.78, 5) is 11.6. The van der Waals surface area contributed by atoms with Crippen LogP contribution in [-0.2, 0) is 4.74 Å². The number of amides is 1. The second-order valence-electron chi connectivity index (χ2n) is 5.83. The van der Waals surface area contributed by atoms with Crippen LogP contribution in [0.5, 0.6) is 0 Å². The number of rotatable bonds is 2. The van der Waals surface area contributed by atoms with E-state index in [0.717, 1.165) is 0 Å². The summed E-state index contributed by atoms with van der Waals surface area (Å²) >= 11 is 0. The van der Waals surface area contributed by atoms with Crippen LogP contribution in [0, 0.1) is 5.92 Å². The van der Waals surface area contributed by atoms with Gasteiger partial charge >= 0.3 is 6.09 Å². The van der Waals surface area contributed by atoms with Crippen LogP contribution < -0.4 is 5.32 Å². The lowest BCUT2D eigenvalue weighted by molar-refractivity contribution is 0.0484. The van der Waals surface area contributed by atoms with Crippen LogP contribution in [-0.4, -0.2) is 17.7 Å². The van der Waals surface area contributed by atoms with Crippen molar-refractivity contribution in [1.29, 1.82) is 0 Å². The first-order valence-electron chi connectivity index (χ1n) is 6.38. The zero-order valence-electron chi connectivity index (χ0n) is 11.0. The molecule has 1 aliphatic carbocycles. The van der Waals surface area contributed by atoms with E-state index < -0.39 is 5.60 Å². The van der Waals surface area contributed by atoms with Crippen LogP contribution in [0.25, 0.3) is 0 Å². The Balaban J connectivity index is 2.32. The van der Waals surface area contributed by atoms with E-state index in [0.29, 0.717) is 5.92 Å². The third kappa shape index (κ3) is 4.86. The summed E-state index contributed by atoms with van der Waals surface area (Å²) in [6, 6.07) is 0.232. The van der Waals surface area contributed by atoms with E-state index >= 15 is 0 Å². The van der Waals surface area contributed by atoms with Crippen molar-refractivity contribution in [1.82, 2.24) is 5.32 Å². The molecular formula is C13H25NO2. The van der Waals surface area contributed by atoms with E-state index in [1.165, 1.54) is 32.1 Å². The van der Waals surface area contributed by atoms with Crippen LogP contribution >= 0.6 is 0 Å². The molecule has 0 aromatic carbocycles. The molecule has 0 aromatic rings. The number of nitrogens with one attached hydrogen (secondary N) is 1. The van der Waals surface area contributed by atoms with Crippen LogP contribution in [0.1, 0.15) is 59.8 Å². The molecule has 1 rings (SSSR count). The molecule has 1 fully saturated rings. The van der Waals surface area contributed by atoms with Gasteiger partial charge in [0.2, 0.25) is 0 Å². The average molecular weight is 227 g/mol. The van der Waals surface area contributed by atoms with Gasteiger partial charge in [-0.25, -0.2) is 4.79 Å². The molecule has 0 bridgehead atoms. The quantitative estimate of drug-likeness (QED) is 0.784. The molecule has 3 nitrogen and oxygen atoms in total. The van der Waals surface area contributed by atoms with Crippen molar-refractivity contribution in [3.05, 3.63) is 0 Å². The highest BCUT2D eigenvalue weighted by Gasteiger charge is 2.23. The first-order chi connectivity index (χ1) is 7.38. The van der Waals surface area contributed by atoms with Gasteiger partial charge in [-0.2, -0.15) is 0 Å². The maximum absolute atomic E-state index is 11.6. The lowest BCUT2D eigenvalue weighted by Crippen LogP contribution is -2.41. The van der Waals surface area contributed by atoms with Gasteiger partial charge in [0.05, 0.1) is 0 Å². The van der Waals surface area contributed by atoms with Crippen LogP contribution in [0.4, 0.5) is 4.79 Å². The van der Waals surface area contributed by atoms with Gasteiger partial charge in [-0.15, -0.1) is 0 Å². The normalized spacial score (nSPS) is 20.2. The molecule has 1 amide bonds. The molecule has 1 saturated carbocycles. The van der Waals surface area contributed by atoms with Gasteiger partial charge in [-0.05, 0) is 46.5 Å². The third-order valence-electron chi connectivity index (χ3n) is 3.10. The molecule has 94 valence electrons. The van der Waals surface area contributed by atoms with Gasteiger partial charge in [0.1, 0.15) is 5.60 Å². The second-order valence-corrected chi connectivity index (χ2v) is 5.83. The fourth-order valence-electron chi connectivity index (χ4n) is 2.25. The van der Waals surface area contributed by atoms with Crippen LogP contribution in [0.3, 0.4) is 0 Å². The molecule has 0 saturated heterocycles. The first kappa shape index (κ1) is 13.3. The zero-order chi connectivity index (χ0) is 12.2. The lowest BCUT2D eigenvalue weighted by Gasteiger charge is -2.29. The Morgan fingerprint density at radius 3 is 2.31 bits per heavy atom. The molecular weight excluding hydrogens is 202 g/mol. The van der Waals surface area contributed by atoms with Gasteiger partial charge in [-0.1, -0.05) is 19.3 Å². The zero-order valence-corrected chi connectivity index (χ0v) is 11.0. The molecule has 1 N–H and O–H groups in total. The minimum absolute atomic E-state index is 0.232. The summed E-state index contributed by atoms with van der Waals surface area (Å²) < 4.78 is 5.25. The summed E-state index contributed by atoms with van der Waals surface area (Å²) in [5, 5.41) is 2.94. The summed E-state index contributed by atoms with van der Waals surface area (Å²) in [5.41, 5.74) is -0.406. The molecule has 0 spiro atoms. The fraction of sp³-hybridized carbons (Fsp3) is 0.923.